The van der Waals surface area contributed by atoms with Gasteiger partial charge in [-0.15, -0.1) is 0 Å². The van der Waals surface area contributed by atoms with Gasteiger partial charge in [0.25, 0.3) is 0 Å². The van der Waals surface area contributed by atoms with E-state index in [9.17, 15) is 0 Å². The van der Waals surface area contributed by atoms with Crippen molar-refractivity contribution in [3.8, 4) is 0 Å². The fourth-order valence-corrected chi connectivity index (χ4v) is 3.76. The molecule has 1 aliphatic rings. The number of fused-ring (bicyclic) bond motifs is 2. The molecule has 0 saturated heterocycles. The Balaban J connectivity index is 2.13. The molecule has 0 fully saturated rings. The van der Waals surface area contributed by atoms with Crippen molar-refractivity contribution < 1.29 is 0 Å². The maximum absolute atomic E-state index is 2.36. The van der Waals surface area contributed by atoms with Gasteiger partial charge in [0.15, 0.2) is 0 Å². The van der Waals surface area contributed by atoms with Crippen LogP contribution in [0.25, 0.3) is 38.4 Å². The van der Waals surface area contributed by atoms with Gasteiger partial charge in [-0.3, -0.25) is 0 Å². The lowest BCUT2D eigenvalue weighted by Crippen LogP contribution is -1.97. The van der Waals surface area contributed by atoms with Crippen LogP contribution in [0.5, 0.6) is 0 Å². The highest BCUT2D eigenvalue weighted by atomic mass is 14.7. The Hall–Kier alpha value is -2.34. The SMILES string of the molecule is c1cc2ccc3cc4c(c5ccc(c1)c2c35)[13CH2][13CH2][13CH]=[13CH]4. The van der Waals surface area contributed by atoms with Crippen LogP contribution < -0.4 is 0 Å². The van der Waals surface area contributed by atoms with E-state index in [0.717, 1.165) is 6.42 Å². The third-order valence-electron chi connectivity index (χ3n) is 4.65. The number of hydrogen-bond donors (Lipinski definition) is 0. The van der Waals surface area contributed by atoms with Crippen LogP contribution in [0.1, 0.15) is 17.5 Å². The highest BCUT2D eigenvalue weighted by molar-refractivity contribution is 6.24. The van der Waals surface area contributed by atoms with Crippen molar-refractivity contribution in [2.24, 2.45) is 0 Å². The Morgan fingerprint density at radius 2 is 1.55 bits per heavy atom. The summed E-state index contributed by atoms with van der Waals surface area (Å²) in [6.45, 7) is 0. The van der Waals surface area contributed by atoms with E-state index in [2.05, 4.69) is 60.7 Å². The Labute approximate surface area is 117 Å². The van der Waals surface area contributed by atoms with Gasteiger partial charge in [-0.1, -0.05) is 54.6 Å². The summed E-state index contributed by atoms with van der Waals surface area (Å²) in [5, 5.41) is 8.41. The third-order valence-corrected chi connectivity index (χ3v) is 4.65. The monoisotopic (exact) mass is 258 g/mol. The standard InChI is InChI=1S/C20H14/c1-2-7-17-15(4-1)12-16-9-8-13-5-3-6-14-10-11-18(17)20(16)19(13)14/h1,3-6,8-12H,2,7H2/i1+1,2+1,4+1,7+1. The molecule has 4 aromatic carbocycles. The molecule has 0 saturated carbocycles. The summed E-state index contributed by atoms with van der Waals surface area (Å²) in [5.74, 6) is 0. The van der Waals surface area contributed by atoms with Gasteiger partial charge in [-0.2, -0.15) is 0 Å². The molecule has 1 aliphatic carbocycles. The number of benzene rings is 4. The van der Waals surface area contributed by atoms with Crippen molar-refractivity contribution in [1.29, 1.82) is 0 Å². The molecule has 0 heterocycles. The molecule has 5 rings (SSSR count). The fourth-order valence-electron chi connectivity index (χ4n) is 3.76. The first-order valence-corrected chi connectivity index (χ1v) is 7.28. The van der Waals surface area contributed by atoms with Crippen molar-refractivity contribution >= 4 is 38.4 Å². The summed E-state index contributed by atoms with van der Waals surface area (Å²) in [6.07, 6.45) is 6.91. The van der Waals surface area contributed by atoms with E-state index < -0.39 is 0 Å². The summed E-state index contributed by atoms with van der Waals surface area (Å²) in [6, 6.07) is 18.1. The van der Waals surface area contributed by atoms with Gasteiger partial charge < -0.3 is 0 Å². The molecule has 0 radical (unpaired) electrons. The lowest BCUT2D eigenvalue weighted by Gasteiger charge is -2.18. The van der Waals surface area contributed by atoms with Crippen molar-refractivity contribution in [1.82, 2.24) is 0 Å². The van der Waals surface area contributed by atoms with Gasteiger partial charge in [0.1, 0.15) is 0 Å². The van der Waals surface area contributed by atoms with Crippen molar-refractivity contribution in [2.75, 3.05) is 0 Å². The summed E-state index contributed by atoms with van der Waals surface area (Å²) < 4.78 is 0. The van der Waals surface area contributed by atoms with E-state index >= 15 is 0 Å². The van der Waals surface area contributed by atoms with Gasteiger partial charge in [-0.05, 0) is 62.4 Å². The Kier molecular flexibility index (Phi) is 1.88. The quantitative estimate of drug-likeness (QED) is 0.287. The molecule has 0 amide bonds. The first-order valence-electron chi connectivity index (χ1n) is 7.28. The van der Waals surface area contributed by atoms with Crippen molar-refractivity contribution in [3.63, 3.8) is 0 Å². The smallest absolute Gasteiger partial charge is 0.00236 e. The van der Waals surface area contributed by atoms with Crippen LogP contribution in [-0.4, -0.2) is 0 Å². The maximum Gasteiger partial charge on any atom is -0.00236 e. The minimum Gasteiger partial charge on any atom is -0.0836 e. The summed E-state index contributed by atoms with van der Waals surface area (Å²) in [4.78, 5) is 0. The molecule has 0 heteroatoms. The van der Waals surface area contributed by atoms with Crippen LogP contribution in [0.15, 0.2) is 54.6 Å². The van der Waals surface area contributed by atoms with Crippen LogP contribution in [-0.2, 0) is 6.42 Å². The van der Waals surface area contributed by atoms with E-state index in [1.54, 1.807) is 0 Å². The topological polar surface area (TPSA) is 0 Å². The van der Waals surface area contributed by atoms with Crippen LogP contribution in [0.3, 0.4) is 0 Å². The molecule has 0 spiro atoms. The van der Waals surface area contributed by atoms with Crippen LogP contribution >= 0.6 is 0 Å². The molecule has 0 atom stereocenters. The van der Waals surface area contributed by atoms with E-state index in [-0.39, 0.29) is 0 Å². The van der Waals surface area contributed by atoms with Crippen molar-refractivity contribution in [3.05, 3.63) is 65.7 Å². The summed E-state index contributed by atoms with van der Waals surface area (Å²) in [7, 11) is 0. The Morgan fingerprint density at radius 3 is 2.45 bits per heavy atom. The normalized spacial score (nSPS) is 14.4. The Morgan fingerprint density at radius 1 is 0.750 bits per heavy atom. The maximum atomic E-state index is 2.36. The Bertz CT molecular complexity index is 973. The van der Waals surface area contributed by atoms with E-state index in [1.807, 2.05) is 0 Å². The van der Waals surface area contributed by atoms with E-state index in [0.29, 0.717) is 0 Å². The van der Waals surface area contributed by atoms with E-state index in [1.165, 1.54) is 49.9 Å². The zero-order valence-corrected chi connectivity index (χ0v) is 11.2. The lowest BCUT2D eigenvalue weighted by molar-refractivity contribution is 0.998. The zero-order valence-electron chi connectivity index (χ0n) is 11.2. The minimum atomic E-state index is 1.16. The van der Waals surface area contributed by atoms with Crippen LogP contribution in [0, 0.1) is 0 Å². The van der Waals surface area contributed by atoms with Crippen LogP contribution in [0.2, 0.25) is 0 Å². The molecule has 20 heavy (non-hydrogen) atoms. The molecular weight excluding hydrogens is 244 g/mol. The highest BCUT2D eigenvalue weighted by Crippen LogP contribution is 2.38. The molecule has 4 aromatic rings. The molecule has 0 nitrogen and oxygen atoms in total. The molecule has 0 N–H and O–H groups in total. The minimum absolute atomic E-state index is 1.16. The lowest BCUT2D eigenvalue weighted by atomic mass is 9.92. The van der Waals surface area contributed by atoms with E-state index in [4.69, 9.17) is 0 Å². The number of aryl methyl sites for hydroxylation is 1. The molecule has 0 aliphatic heterocycles. The van der Waals surface area contributed by atoms with Gasteiger partial charge >= 0.3 is 0 Å². The van der Waals surface area contributed by atoms with Gasteiger partial charge in [0, 0.05) is 0 Å². The predicted molar refractivity (Wildman–Crippen MR) is 87.5 cm³/mol. The molecule has 0 unspecified atom stereocenters. The van der Waals surface area contributed by atoms with Crippen LogP contribution in [0.4, 0.5) is 0 Å². The molecule has 0 aromatic heterocycles. The first-order chi connectivity index (χ1) is 9.92. The largest absolute Gasteiger partial charge is 0.0836 e. The van der Waals surface area contributed by atoms with Gasteiger partial charge in [0.2, 0.25) is 0 Å². The molecule has 0 bridgehead atoms. The van der Waals surface area contributed by atoms with Gasteiger partial charge in [-0.25, -0.2) is 0 Å². The highest BCUT2D eigenvalue weighted by Gasteiger charge is 2.14. The second-order valence-corrected chi connectivity index (χ2v) is 5.74. The zero-order chi connectivity index (χ0) is 13.1. The fraction of sp³-hybridized carbons (Fsp3) is 0.100. The predicted octanol–water partition coefficient (Wildman–Crippen LogP) is 5.54. The third kappa shape index (κ3) is 1.21. The molecular formula is C20H14. The number of allylic oxidation sites excluding steroid dienone is 1. The van der Waals surface area contributed by atoms with Crippen molar-refractivity contribution in [2.45, 2.75) is 12.8 Å². The number of rotatable bonds is 0. The molecule has 94 valence electrons. The summed E-state index contributed by atoms with van der Waals surface area (Å²) in [5.41, 5.74) is 2.93. The average molecular weight is 258 g/mol. The first kappa shape index (κ1) is 10.4. The second kappa shape index (κ2) is 3.61. The van der Waals surface area contributed by atoms with Gasteiger partial charge in [0.05, 0.1) is 0 Å². The number of hydrogen-bond acceptors (Lipinski definition) is 0. The summed E-state index contributed by atoms with van der Waals surface area (Å²) >= 11 is 0. The second-order valence-electron chi connectivity index (χ2n) is 5.74. The average Bonchev–Trinajstić information content (AvgIpc) is 2.52.